The third-order valence-electron chi connectivity index (χ3n) is 6.96. The van der Waals surface area contributed by atoms with E-state index in [-0.39, 0.29) is 12.1 Å². The fraction of sp³-hybridized carbons (Fsp3) is 0.520. The second-order valence-electron chi connectivity index (χ2n) is 8.97. The molecule has 2 saturated heterocycles. The number of benzene rings is 2. The van der Waals surface area contributed by atoms with Crippen LogP contribution in [0.1, 0.15) is 36.5 Å². The maximum Gasteiger partial charge on any atom is 0.139 e. The molecule has 0 unspecified atom stereocenters. The summed E-state index contributed by atoms with van der Waals surface area (Å²) in [5.41, 5.74) is 10.4. The van der Waals surface area contributed by atoms with Crippen LogP contribution < -0.4 is 20.7 Å². The molecule has 2 aliphatic heterocycles. The van der Waals surface area contributed by atoms with Gasteiger partial charge in [0.1, 0.15) is 11.9 Å². The van der Waals surface area contributed by atoms with E-state index in [1.54, 1.807) is 0 Å². The summed E-state index contributed by atoms with van der Waals surface area (Å²) < 4.78 is 6.71. The van der Waals surface area contributed by atoms with Crippen molar-refractivity contribution in [1.29, 1.82) is 0 Å². The first-order valence-corrected chi connectivity index (χ1v) is 11.6. The monoisotopic (exact) mass is 406 g/mol. The van der Waals surface area contributed by atoms with E-state index >= 15 is 0 Å². The summed E-state index contributed by atoms with van der Waals surface area (Å²) in [6.07, 6.45) is 4.64. The fourth-order valence-corrected chi connectivity index (χ4v) is 5.36. The first-order chi connectivity index (χ1) is 14.8. The molecule has 0 saturated carbocycles. The predicted octanol–water partition coefficient (Wildman–Crippen LogP) is 2.95. The van der Waals surface area contributed by atoms with Gasteiger partial charge in [-0.2, -0.15) is 0 Å². The van der Waals surface area contributed by atoms with E-state index in [0.29, 0.717) is 6.04 Å². The predicted molar refractivity (Wildman–Crippen MR) is 122 cm³/mol. The van der Waals surface area contributed by atoms with Gasteiger partial charge < -0.3 is 20.7 Å². The van der Waals surface area contributed by atoms with Crippen LogP contribution in [0.5, 0.6) is 5.75 Å². The smallest absolute Gasteiger partial charge is 0.139 e. The maximum atomic E-state index is 6.71. The summed E-state index contributed by atoms with van der Waals surface area (Å²) in [6, 6.07) is 18.2. The Kier molecular flexibility index (Phi) is 5.93. The Labute approximate surface area is 180 Å². The molecule has 1 aliphatic carbocycles. The molecule has 5 nitrogen and oxygen atoms in total. The van der Waals surface area contributed by atoms with Crippen molar-refractivity contribution in [2.24, 2.45) is 5.73 Å². The Bertz CT molecular complexity index is 833. The average Bonchev–Trinajstić information content (AvgIpc) is 2.80. The van der Waals surface area contributed by atoms with Crippen LogP contribution in [0.3, 0.4) is 0 Å². The Balaban J connectivity index is 1.37. The number of fused-ring (bicyclic) bond motifs is 1. The minimum atomic E-state index is 0.0605. The fourth-order valence-electron chi connectivity index (χ4n) is 5.36. The zero-order valence-corrected chi connectivity index (χ0v) is 17.8. The minimum absolute atomic E-state index is 0.0605. The molecular weight excluding hydrogens is 372 g/mol. The molecule has 160 valence electrons. The molecule has 0 spiro atoms. The maximum absolute atomic E-state index is 6.71. The molecule has 30 heavy (non-hydrogen) atoms. The summed E-state index contributed by atoms with van der Waals surface area (Å²) in [5.74, 6) is 0.960. The molecule has 0 aromatic heterocycles. The first-order valence-electron chi connectivity index (χ1n) is 11.6. The van der Waals surface area contributed by atoms with Gasteiger partial charge in [0.25, 0.3) is 0 Å². The van der Waals surface area contributed by atoms with E-state index < -0.39 is 0 Å². The first kappa shape index (κ1) is 19.9. The van der Waals surface area contributed by atoms with E-state index in [4.69, 9.17) is 10.5 Å². The van der Waals surface area contributed by atoms with Crippen LogP contribution in [0.15, 0.2) is 48.5 Å². The Morgan fingerprint density at radius 1 is 0.933 bits per heavy atom. The molecule has 3 atom stereocenters. The molecule has 2 aromatic rings. The highest BCUT2D eigenvalue weighted by Gasteiger charge is 2.36. The van der Waals surface area contributed by atoms with E-state index in [1.807, 2.05) is 0 Å². The number of nitrogens with two attached hydrogens (primary N) is 1. The van der Waals surface area contributed by atoms with Crippen LogP contribution in [0.4, 0.5) is 5.69 Å². The second kappa shape index (κ2) is 8.96. The number of hydrogen-bond donors (Lipinski definition) is 2. The van der Waals surface area contributed by atoms with Crippen LogP contribution in [-0.4, -0.2) is 56.3 Å². The van der Waals surface area contributed by atoms with Gasteiger partial charge in [-0.05, 0) is 67.6 Å². The number of ether oxygens (including phenoxy) is 1. The number of likely N-dealkylation sites (tertiary alicyclic amines) is 1. The molecule has 3 N–H and O–H groups in total. The van der Waals surface area contributed by atoms with Crippen molar-refractivity contribution in [2.45, 2.75) is 43.9 Å². The lowest BCUT2D eigenvalue weighted by Gasteiger charge is -2.43. The highest BCUT2D eigenvalue weighted by Crippen LogP contribution is 2.37. The highest BCUT2D eigenvalue weighted by molar-refractivity contribution is 5.49. The lowest BCUT2D eigenvalue weighted by Crippen LogP contribution is -2.51. The molecule has 0 bridgehead atoms. The molecule has 0 radical (unpaired) electrons. The van der Waals surface area contributed by atoms with Gasteiger partial charge in [-0.15, -0.1) is 0 Å². The normalized spacial score (nSPS) is 27.5. The molecule has 5 heteroatoms. The summed E-state index contributed by atoms with van der Waals surface area (Å²) in [7, 11) is 0. The van der Waals surface area contributed by atoms with Crippen LogP contribution in [0.2, 0.25) is 0 Å². The molecule has 2 fully saturated rings. The summed E-state index contributed by atoms with van der Waals surface area (Å²) in [4.78, 5) is 5.03. The third-order valence-corrected chi connectivity index (χ3v) is 6.96. The number of aryl methyl sites for hydroxylation is 1. The van der Waals surface area contributed by atoms with Crippen LogP contribution in [-0.2, 0) is 6.42 Å². The molecule has 3 aliphatic rings. The molecule has 0 amide bonds. The SMILES string of the molecule is N[C@@H]1CCCN([C@H]2CCc3ccccc3[C@@H]2Oc2ccc(N3CCNCC3)cc2)C1. The van der Waals surface area contributed by atoms with Gasteiger partial charge in [0.05, 0.1) is 6.04 Å². The van der Waals surface area contributed by atoms with E-state index in [0.717, 1.165) is 64.3 Å². The topological polar surface area (TPSA) is 53.8 Å². The zero-order valence-electron chi connectivity index (χ0n) is 17.8. The van der Waals surface area contributed by atoms with Gasteiger partial charge in [0, 0.05) is 44.5 Å². The number of hydrogen-bond acceptors (Lipinski definition) is 5. The summed E-state index contributed by atoms with van der Waals surface area (Å²) >= 11 is 0. The minimum Gasteiger partial charge on any atom is -0.484 e. The molecular formula is C25H34N4O. The second-order valence-corrected chi connectivity index (χ2v) is 8.97. The van der Waals surface area contributed by atoms with Crippen LogP contribution in [0.25, 0.3) is 0 Å². The standard InChI is InChI=1S/C25H34N4O/c26-20-5-3-15-29(18-20)24-12-7-19-4-1-2-6-23(19)25(24)30-22-10-8-21(9-11-22)28-16-13-27-14-17-28/h1-2,4,6,8-11,20,24-25,27H,3,5,7,12-18,26H2/t20-,24+,25+/m1/s1. The van der Waals surface area contributed by atoms with Crippen molar-refractivity contribution < 1.29 is 4.74 Å². The lowest BCUT2D eigenvalue weighted by atomic mass is 9.84. The number of anilines is 1. The van der Waals surface area contributed by atoms with Gasteiger partial charge in [0.2, 0.25) is 0 Å². The largest absolute Gasteiger partial charge is 0.484 e. The lowest BCUT2D eigenvalue weighted by molar-refractivity contribution is 0.0367. The van der Waals surface area contributed by atoms with Crippen LogP contribution >= 0.6 is 0 Å². The number of nitrogens with zero attached hydrogens (tertiary/aromatic N) is 2. The van der Waals surface area contributed by atoms with Gasteiger partial charge in [-0.3, -0.25) is 4.90 Å². The van der Waals surface area contributed by atoms with Gasteiger partial charge in [0.15, 0.2) is 0 Å². The quantitative estimate of drug-likeness (QED) is 0.818. The van der Waals surface area contributed by atoms with E-state index in [1.165, 1.54) is 23.2 Å². The molecule has 5 rings (SSSR count). The Morgan fingerprint density at radius 2 is 1.73 bits per heavy atom. The molecule has 2 heterocycles. The Hall–Kier alpha value is -2.08. The van der Waals surface area contributed by atoms with Crippen molar-refractivity contribution in [3.8, 4) is 5.75 Å². The average molecular weight is 407 g/mol. The van der Waals surface area contributed by atoms with Crippen LogP contribution in [0, 0.1) is 0 Å². The van der Waals surface area contributed by atoms with Crippen molar-refractivity contribution in [3.05, 3.63) is 59.7 Å². The van der Waals surface area contributed by atoms with Gasteiger partial charge in [-0.1, -0.05) is 24.3 Å². The number of rotatable bonds is 4. The number of nitrogens with one attached hydrogen (secondary N) is 1. The summed E-state index contributed by atoms with van der Waals surface area (Å²) in [5, 5.41) is 3.42. The Morgan fingerprint density at radius 3 is 2.53 bits per heavy atom. The van der Waals surface area contributed by atoms with Crippen molar-refractivity contribution in [3.63, 3.8) is 0 Å². The van der Waals surface area contributed by atoms with E-state index in [2.05, 4.69) is 63.6 Å². The van der Waals surface area contributed by atoms with E-state index in [9.17, 15) is 0 Å². The third kappa shape index (κ3) is 4.20. The number of piperazine rings is 1. The van der Waals surface area contributed by atoms with Crippen molar-refractivity contribution >= 4 is 5.69 Å². The summed E-state index contributed by atoms with van der Waals surface area (Å²) in [6.45, 7) is 6.34. The molecule has 2 aromatic carbocycles. The van der Waals surface area contributed by atoms with Crippen molar-refractivity contribution in [1.82, 2.24) is 10.2 Å². The zero-order chi connectivity index (χ0) is 20.3. The highest BCUT2D eigenvalue weighted by atomic mass is 16.5. The van der Waals surface area contributed by atoms with Crippen molar-refractivity contribution in [2.75, 3.05) is 44.2 Å². The number of piperidine rings is 1. The van der Waals surface area contributed by atoms with Gasteiger partial charge >= 0.3 is 0 Å². The van der Waals surface area contributed by atoms with Gasteiger partial charge in [-0.25, -0.2) is 0 Å².